The van der Waals surface area contributed by atoms with Crippen molar-refractivity contribution in [3.8, 4) is 5.75 Å². The van der Waals surface area contributed by atoms with Crippen LogP contribution < -0.4 is 10.5 Å². The highest BCUT2D eigenvalue weighted by Gasteiger charge is 2.06. The number of ether oxygens (including phenoxy) is 1. The lowest BCUT2D eigenvalue weighted by Gasteiger charge is -2.06. The summed E-state index contributed by atoms with van der Waals surface area (Å²) in [5, 5.41) is 7.65. The lowest BCUT2D eigenvalue weighted by Crippen LogP contribution is -2.04. The van der Waals surface area contributed by atoms with E-state index in [2.05, 4.69) is 10.2 Å². The molecule has 102 valence electrons. The van der Waals surface area contributed by atoms with E-state index in [0.717, 1.165) is 5.56 Å². The lowest BCUT2D eigenvalue weighted by atomic mass is 10.1. The molecule has 0 saturated carbocycles. The SMILES string of the molecule is CCc1nnc(COc2cc(F)cc(CCN)c2)o1. The molecule has 0 bridgehead atoms. The Labute approximate surface area is 110 Å². The van der Waals surface area contributed by atoms with E-state index >= 15 is 0 Å². The number of rotatable bonds is 6. The Hall–Kier alpha value is -1.95. The number of nitrogens with zero attached hydrogens (tertiary/aromatic N) is 2. The largest absolute Gasteiger partial charge is 0.484 e. The Morgan fingerprint density at radius 2 is 2.05 bits per heavy atom. The molecule has 19 heavy (non-hydrogen) atoms. The van der Waals surface area contributed by atoms with E-state index in [1.54, 1.807) is 6.07 Å². The van der Waals surface area contributed by atoms with E-state index in [1.165, 1.54) is 12.1 Å². The Kier molecular flexibility index (Phi) is 4.46. The minimum Gasteiger partial charge on any atom is -0.484 e. The molecular formula is C13H16FN3O2. The predicted octanol–water partition coefficient (Wildman–Crippen LogP) is 1.85. The van der Waals surface area contributed by atoms with E-state index in [0.29, 0.717) is 36.9 Å². The third kappa shape index (κ3) is 3.75. The first-order valence-corrected chi connectivity index (χ1v) is 6.15. The Bertz CT molecular complexity index is 542. The molecular weight excluding hydrogens is 249 g/mol. The van der Waals surface area contributed by atoms with Gasteiger partial charge in [-0.1, -0.05) is 6.92 Å². The van der Waals surface area contributed by atoms with Crippen LogP contribution in [0.4, 0.5) is 4.39 Å². The molecule has 2 N–H and O–H groups in total. The van der Waals surface area contributed by atoms with Crippen molar-refractivity contribution in [1.82, 2.24) is 10.2 Å². The maximum absolute atomic E-state index is 13.4. The second-order valence-corrected chi connectivity index (χ2v) is 4.07. The van der Waals surface area contributed by atoms with Crippen molar-refractivity contribution in [3.63, 3.8) is 0 Å². The van der Waals surface area contributed by atoms with Crippen LogP contribution in [0.25, 0.3) is 0 Å². The van der Waals surface area contributed by atoms with E-state index < -0.39 is 0 Å². The minimum atomic E-state index is -0.347. The smallest absolute Gasteiger partial charge is 0.253 e. The summed E-state index contributed by atoms with van der Waals surface area (Å²) in [6, 6.07) is 4.52. The summed E-state index contributed by atoms with van der Waals surface area (Å²) in [6.07, 6.45) is 1.28. The zero-order valence-corrected chi connectivity index (χ0v) is 10.7. The molecule has 5 nitrogen and oxygen atoms in total. The average molecular weight is 265 g/mol. The zero-order chi connectivity index (χ0) is 13.7. The van der Waals surface area contributed by atoms with Gasteiger partial charge in [0.05, 0.1) is 0 Å². The van der Waals surface area contributed by atoms with Gasteiger partial charge in [0.15, 0.2) is 6.61 Å². The van der Waals surface area contributed by atoms with Crippen molar-refractivity contribution >= 4 is 0 Å². The summed E-state index contributed by atoms with van der Waals surface area (Å²) in [5.41, 5.74) is 6.25. The number of aryl methyl sites for hydroxylation is 1. The maximum Gasteiger partial charge on any atom is 0.253 e. The normalized spacial score (nSPS) is 10.7. The molecule has 0 fully saturated rings. The van der Waals surface area contributed by atoms with E-state index in [1.807, 2.05) is 6.92 Å². The molecule has 0 spiro atoms. The van der Waals surface area contributed by atoms with Crippen LogP contribution in [0.3, 0.4) is 0 Å². The molecule has 0 aliphatic rings. The van der Waals surface area contributed by atoms with Crippen molar-refractivity contribution in [1.29, 1.82) is 0 Å². The summed E-state index contributed by atoms with van der Waals surface area (Å²) < 4.78 is 24.1. The molecule has 1 heterocycles. The molecule has 0 amide bonds. The van der Waals surface area contributed by atoms with Crippen LogP contribution in [0.5, 0.6) is 5.75 Å². The quantitative estimate of drug-likeness (QED) is 0.862. The summed E-state index contributed by atoms with van der Waals surface area (Å²) in [6.45, 7) is 2.51. The number of benzene rings is 1. The van der Waals surface area contributed by atoms with Gasteiger partial charge < -0.3 is 14.9 Å². The van der Waals surface area contributed by atoms with Gasteiger partial charge in [-0.05, 0) is 30.7 Å². The molecule has 1 aromatic carbocycles. The molecule has 0 radical (unpaired) electrons. The predicted molar refractivity (Wildman–Crippen MR) is 67.2 cm³/mol. The summed E-state index contributed by atoms with van der Waals surface area (Å²) >= 11 is 0. The number of halogens is 1. The fourth-order valence-electron chi connectivity index (χ4n) is 1.65. The van der Waals surface area contributed by atoms with Crippen LogP contribution in [-0.4, -0.2) is 16.7 Å². The Morgan fingerprint density at radius 1 is 1.26 bits per heavy atom. The molecule has 2 rings (SSSR count). The topological polar surface area (TPSA) is 74.2 Å². The number of hydrogen-bond donors (Lipinski definition) is 1. The average Bonchev–Trinajstić information content (AvgIpc) is 2.84. The molecule has 0 aliphatic heterocycles. The summed E-state index contributed by atoms with van der Waals surface area (Å²) in [5.74, 6) is 1.02. The van der Waals surface area contributed by atoms with Crippen molar-refractivity contribution in [2.45, 2.75) is 26.4 Å². The van der Waals surface area contributed by atoms with Gasteiger partial charge in [-0.25, -0.2) is 4.39 Å². The van der Waals surface area contributed by atoms with Crippen molar-refractivity contribution < 1.29 is 13.5 Å². The molecule has 0 aliphatic carbocycles. The summed E-state index contributed by atoms with van der Waals surface area (Å²) in [4.78, 5) is 0. The number of aromatic nitrogens is 2. The van der Waals surface area contributed by atoms with Gasteiger partial charge in [-0.2, -0.15) is 0 Å². The van der Waals surface area contributed by atoms with Gasteiger partial charge in [0.1, 0.15) is 11.6 Å². The number of nitrogens with two attached hydrogens (primary N) is 1. The lowest BCUT2D eigenvalue weighted by molar-refractivity contribution is 0.258. The van der Waals surface area contributed by atoms with E-state index in [9.17, 15) is 4.39 Å². The molecule has 0 atom stereocenters. The highest BCUT2D eigenvalue weighted by molar-refractivity contribution is 5.29. The number of hydrogen-bond acceptors (Lipinski definition) is 5. The highest BCUT2D eigenvalue weighted by atomic mass is 19.1. The van der Waals surface area contributed by atoms with E-state index in [-0.39, 0.29) is 12.4 Å². The molecule has 0 saturated heterocycles. The van der Waals surface area contributed by atoms with E-state index in [4.69, 9.17) is 14.9 Å². The standard InChI is InChI=1S/C13H16FN3O2/c1-2-12-16-17-13(19-12)8-18-11-6-9(3-4-15)5-10(14)7-11/h5-7H,2-4,8,15H2,1H3. The fourth-order valence-corrected chi connectivity index (χ4v) is 1.65. The second kappa shape index (κ2) is 6.29. The molecule has 1 aromatic heterocycles. The highest BCUT2D eigenvalue weighted by Crippen LogP contribution is 2.18. The monoisotopic (exact) mass is 265 g/mol. The third-order valence-electron chi connectivity index (χ3n) is 2.54. The van der Waals surface area contributed by atoms with Crippen LogP contribution in [0.2, 0.25) is 0 Å². The zero-order valence-electron chi connectivity index (χ0n) is 10.7. The third-order valence-corrected chi connectivity index (χ3v) is 2.54. The van der Waals surface area contributed by atoms with Crippen molar-refractivity contribution in [2.75, 3.05) is 6.54 Å². The first-order chi connectivity index (χ1) is 9.21. The van der Waals surface area contributed by atoms with Gasteiger partial charge >= 0.3 is 0 Å². The second-order valence-electron chi connectivity index (χ2n) is 4.07. The van der Waals surface area contributed by atoms with Crippen LogP contribution in [-0.2, 0) is 19.4 Å². The first kappa shape index (κ1) is 13.5. The molecule has 0 unspecified atom stereocenters. The molecule has 6 heteroatoms. The van der Waals surface area contributed by atoms with Crippen LogP contribution in [0.15, 0.2) is 22.6 Å². The summed E-state index contributed by atoms with van der Waals surface area (Å²) in [7, 11) is 0. The maximum atomic E-state index is 13.4. The Morgan fingerprint density at radius 3 is 2.74 bits per heavy atom. The van der Waals surface area contributed by atoms with Crippen molar-refractivity contribution in [2.24, 2.45) is 5.73 Å². The molecule has 2 aromatic rings. The van der Waals surface area contributed by atoms with Gasteiger partial charge in [-0.3, -0.25) is 0 Å². The van der Waals surface area contributed by atoms with Crippen LogP contribution in [0, 0.1) is 5.82 Å². The van der Waals surface area contributed by atoms with Gasteiger partial charge in [-0.15, -0.1) is 10.2 Å². The van der Waals surface area contributed by atoms with Gasteiger partial charge in [0.25, 0.3) is 5.89 Å². The first-order valence-electron chi connectivity index (χ1n) is 6.15. The minimum absolute atomic E-state index is 0.124. The Balaban J connectivity index is 2.02. The van der Waals surface area contributed by atoms with Gasteiger partial charge in [0.2, 0.25) is 5.89 Å². The van der Waals surface area contributed by atoms with Crippen LogP contribution >= 0.6 is 0 Å². The van der Waals surface area contributed by atoms with Crippen LogP contribution in [0.1, 0.15) is 24.3 Å². The fraction of sp³-hybridized carbons (Fsp3) is 0.385. The van der Waals surface area contributed by atoms with Crippen molar-refractivity contribution in [3.05, 3.63) is 41.4 Å². The van der Waals surface area contributed by atoms with Gasteiger partial charge in [0, 0.05) is 12.5 Å².